The molecular formula is C15H18F3N3. The maximum atomic E-state index is 12.7. The number of hydrogen-bond acceptors (Lipinski definition) is 2. The number of halogens is 3. The van der Waals surface area contributed by atoms with Gasteiger partial charge in [0.15, 0.2) is 0 Å². The van der Waals surface area contributed by atoms with Crippen molar-refractivity contribution in [2.75, 3.05) is 5.73 Å². The molecule has 1 heterocycles. The Labute approximate surface area is 121 Å². The first-order valence-corrected chi connectivity index (χ1v) is 7.06. The molecule has 0 spiro atoms. The maximum absolute atomic E-state index is 12.7. The van der Waals surface area contributed by atoms with Gasteiger partial charge in [-0.2, -0.15) is 13.2 Å². The highest BCUT2D eigenvalue weighted by Crippen LogP contribution is 2.53. The van der Waals surface area contributed by atoms with Gasteiger partial charge in [-0.1, -0.05) is 13.8 Å². The van der Waals surface area contributed by atoms with E-state index in [1.54, 1.807) is 0 Å². The fraction of sp³-hybridized carbons (Fsp3) is 0.533. The van der Waals surface area contributed by atoms with Gasteiger partial charge in [-0.25, -0.2) is 4.98 Å². The molecule has 0 atom stereocenters. The summed E-state index contributed by atoms with van der Waals surface area (Å²) in [6, 6.07) is 3.63. The number of nitrogen functional groups attached to an aromatic ring is 1. The molecule has 3 nitrogen and oxygen atoms in total. The number of nitrogens with two attached hydrogens (primary N) is 1. The first-order valence-electron chi connectivity index (χ1n) is 7.06. The number of rotatable bonds is 3. The summed E-state index contributed by atoms with van der Waals surface area (Å²) in [7, 11) is 0. The molecule has 2 aromatic rings. The predicted molar refractivity (Wildman–Crippen MR) is 75.7 cm³/mol. The van der Waals surface area contributed by atoms with E-state index >= 15 is 0 Å². The molecule has 1 aromatic heterocycles. The second-order valence-electron chi connectivity index (χ2n) is 6.27. The minimum atomic E-state index is -4.36. The third-order valence-corrected chi connectivity index (χ3v) is 4.70. The Bertz CT molecular complexity index is 681. The van der Waals surface area contributed by atoms with E-state index in [-0.39, 0.29) is 11.4 Å². The summed E-state index contributed by atoms with van der Waals surface area (Å²) in [5.41, 5.74) is 6.42. The Morgan fingerprint density at radius 1 is 1.33 bits per heavy atom. The molecule has 0 amide bonds. The number of imidazole rings is 1. The van der Waals surface area contributed by atoms with Gasteiger partial charge >= 0.3 is 6.18 Å². The van der Waals surface area contributed by atoms with Crippen LogP contribution in [-0.4, -0.2) is 9.55 Å². The van der Waals surface area contributed by atoms with Gasteiger partial charge in [-0.05, 0) is 42.4 Å². The Morgan fingerprint density at radius 2 is 2.00 bits per heavy atom. The molecule has 21 heavy (non-hydrogen) atoms. The quantitative estimate of drug-likeness (QED) is 0.928. The Hall–Kier alpha value is -1.72. The van der Waals surface area contributed by atoms with Crippen LogP contribution >= 0.6 is 0 Å². The Kier molecular flexibility index (Phi) is 2.97. The van der Waals surface area contributed by atoms with Gasteiger partial charge in [-0.15, -0.1) is 0 Å². The van der Waals surface area contributed by atoms with E-state index in [1.807, 2.05) is 4.57 Å². The number of nitrogens with zero attached hydrogens (tertiary/aromatic N) is 2. The maximum Gasteiger partial charge on any atom is 0.416 e. The number of anilines is 1. The van der Waals surface area contributed by atoms with Gasteiger partial charge in [0.2, 0.25) is 5.95 Å². The lowest BCUT2D eigenvalue weighted by atomic mass is 9.92. The normalized spacial score (nSPS) is 17.6. The van der Waals surface area contributed by atoms with Gasteiger partial charge in [0.1, 0.15) is 0 Å². The summed E-state index contributed by atoms with van der Waals surface area (Å²) in [5.74, 6) is 0.806. The summed E-state index contributed by atoms with van der Waals surface area (Å²) in [4.78, 5) is 4.10. The highest BCUT2D eigenvalue weighted by molar-refractivity contribution is 5.79. The van der Waals surface area contributed by atoms with Gasteiger partial charge in [0.05, 0.1) is 16.6 Å². The van der Waals surface area contributed by atoms with Crippen molar-refractivity contribution in [2.45, 2.75) is 39.4 Å². The van der Waals surface area contributed by atoms with Crippen LogP contribution in [-0.2, 0) is 12.7 Å². The Morgan fingerprint density at radius 3 is 2.52 bits per heavy atom. The fourth-order valence-electron chi connectivity index (χ4n) is 2.88. The first-order chi connectivity index (χ1) is 9.73. The predicted octanol–water partition coefficient (Wildman–Crippen LogP) is 4.07. The zero-order valence-electron chi connectivity index (χ0n) is 12.0. The molecule has 1 aromatic carbocycles. The number of benzene rings is 1. The summed E-state index contributed by atoms with van der Waals surface area (Å²) >= 11 is 0. The van der Waals surface area contributed by atoms with Crippen LogP contribution < -0.4 is 5.73 Å². The molecule has 0 saturated heterocycles. The molecule has 1 fully saturated rings. The van der Waals surface area contributed by atoms with Gasteiger partial charge in [-0.3, -0.25) is 0 Å². The van der Waals surface area contributed by atoms with E-state index in [1.165, 1.54) is 6.07 Å². The van der Waals surface area contributed by atoms with E-state index in [0.717, 1.165) is 31.5 Å². The second-order valence-corrected chi connectivity index (χ2v) is 6.27. The van der Waals surface area contributed by atoms with E-state index in [9.17, 15) is 13.2 Å². The van der Waals surface area contributed by atoms with Gasteiger partial charge in [0.25, 0.3) is 0 Å². The zero-order chi connectivity index (χ0) is 15.4. The average Bonchev–Trinajstić information content (AvgIpc) is 3.09. The van der Waals surface area contributed by atoms with Crippen LogP contribution in [0, 0.1) is 11.3 Å². The lowest BCUT2D eigenvalue weighted by Crippen LogP contribution is -2.18. The van der Waals surface area contributed by atoms with Crippen LogP contribution in [0.15, 0.2) is 18.2 Å². The smallest absolute Gasteiger partial charge is 0.369 e. The molecule has 3 rings (SSSR count). The number of alkyl halides is 3. The van der Waals surface area contributed by atoms with E-state index in [4.69, 9.17) is 5.73 Å². The fourth-order valence-corrected chi connectivity index (χ4v) is 2.88. The molecule has 1 aliphatic rings. The van der Waals surface area contributed by atoms with Crippen molar-refractivity contribution < 1.29 is 13.2 Å². The van der Waals surface area contributed by atoms with Crippen molar-refractivity contribution in [3.05, 3.63) is 23.8 Å². The molecule has 1 aliphatic carbocycles. The van der Waals surface area contributed by atoms with Crippen molar-refractivity contribution in [1.82, 2.24) is 9.55 Å². The minimum absolute atomic E-state index is 0.213. The van der Waals surface area contributed by atoms with Crippen LogP contribution in [0.3, 0.4) is 0 Å². The van der Waals surface area contributed by atoms with Crippen molar-refractivity contribution in [2.24, 2.45) is 11.3 Å². The lowest BCUT2D eigenvalue weighted by Gasteiger charge is -2.21. The molecule has 0 bridgehead atoms. The van der Waals surface area contributed by atoms with Crippen LogP contribution in [0.25, 0.3) is 11.0 Å². The standard InChI is InChI=1S/C15H18F3N3/c1-9(2)14(5-6-14)8-21-12-4-3-10(15(16,17)18)7-11(12)20-13(21)19/h3-4,7,9H,5-6,8H2,1-2H3,(H2,19,20). The third-order valence-electron chi connectivity index (χ3n) is 4.70. The largest absolute Gasteiger partial charge is 0.416 e. The van der Waals surface area contributed by atoms with Crippen LogP contribution in [0.4, 0.5) is 19.1 Å². The van der Waals surface area contributed by atoms with Gasteiger partial charge in [0, 0.05) is 6.54 Å². The molecule has 114 valence electrons. The lowest BCUT2D eigenvalue weighted by molar-refractivity contribution is -0.137. The summed E-state index contributed by atoms with van der Waals surface area (Å²) in [6.45, 7) is 5.06. The van der Waals surface area contributed by atoms with Crippen molar-refractivity contribution in [1.29, 1.82) is 0 Å². The highest BCUT2D eigenvalue weighted by atomic mass is 19.4. The minimum Gasteiger partial charge on any atom is -0.369 e. The molecule has 0 radical (unpaired) electrons. The topological polar surface area (TPSA) is 43.8 Å². The summed E-state index contributed by atoms with van der Waals surface area (Å²) < 4.78 is 40.1. The van der Waals surface area contributed by atoms with Crippen LogP contribution in [0.5, 0.6) is 0 Å². The zero-order valence-corrected chi connectivity index (χ0v) is 12.0. The highest BCUT2D eigenvalue weighted by Gasteiger charge is 2.46. The Balaban J connectivity index is 2.02. The first kappa shape index (κ1) is 14.2. The SMILES string of the molecule is CC(C)C1(Cn2c(N)nc3cc(C(F)(F)F)ccc32)CC1. The summed E-state index contributed by atoms with van der Waals surface area (Å²) in [6.07, 6.45) is -2.10. The molecule has 1 saturated carbocycles. The molecular weight excluding hydrogens is 279 g/mol. The second kappa shape index (κ2) is 4.39. The van der Waals surface area contributed by atoms with Crippen LogP contribution in [0.2, 0.25) is 0 Å². The molecule has 0 unspecified atom stereocenters. The van der Waals surface area contributed by atoms with E-state index in [2.05, 4.69) is 18.8 Å². The van der Waals surface area contributed by atoms with Crippen molar-refractivity contribution >= 4 is 17.0 Å². The number of hydrogen-bond donors (Lipinski definition) is 1. The third kappa shape index (κ3) is 2.36. The van der Waals surface area contributed by atoms with E-state index in [0.29, 0.717) is 17.0 Å². The van der Waals surface area contributed by atoms with Gasteiger partial charge < -0.3 is 10.3 Å². The molecule has 6 heteroatoms. The van der Waals surface area contributed by atoms with E-state index < -0.39 is 11.7 Å². The molecule has 2 N–H and O–H groups in total. The number of fused-ring (bicyclic) bond motifs is 1. The van der Waals surface area contributed by atoms with Crippen molar-refractivity contribution in [3.63, 3.8) is 0 Å². The summed E-state index contributed by atoms with van der Waals surface area (Å²) in [5, 5.41) is 0. The molecule has 0 aliphatic heterocycles. The number of aromatic nitrogens is 2. The van der Waals surface area contributed by atoms with Crippen LogP contribution in [0.1, 0.15) is 32.3 Å². The van der Waals surface area contributed by atoms with Crippen molar-refractivity contribution in [3.8, 4) is 0 Å². The monoisotopic (exact) mass is 297 g/mol. The average molecular weight is 297 g/mol.